The van der Waals surface area contributed by atoms with E-state index in [9.17, 15) is 8.78 Å². The number of hydrogen-bond acceptors (Lipinski definition) is 4. The summed E-state index contributed by atoms with van der Waals surface area (Å²) in [7, 11) is 0. The Labute approximate surface area is 465 Å². The summed E-state index contributed by atoms with van der Waals surface area (Å²) >= 11 is 0. The minimum absolute atomic E-state index is 0. The number of fused-ring (bicyclic) bond motifs is 4. The molecular formula is C66H53F6N4OPt-3. The zero-order valence-electron chi connectivity index (χ0n) is 44.3. The van der Waals surface area contributed by atoms with Crippen LogP contribution in [0.2, 0.25) is 0 Å². The Morgan fingerprint density at radius 1 is 0.500 bits per heavy atom. The molecule has 3 heterocycles. The zero-order chi connectivity index (χ0) is 54.5. The Morgan fingerprint density at radius 2 is 1.06 bits per heavy atom. The summed E-state index contributed by atoms with van der Waals surface area (Å²) in [4.78, 5) is 8.24. The fraction of sp³-hybridized carbons (Fsp3) is 0.182. The van der Waals surface area contributed by atoms with E-state index in [1.807, 2.05) is 105 Å². The molecule has 11 rings (SSSR count). The third-order valence-electron chi connectivity index (χ3n) is 14.2. The van der Waals surface area contributed by atoms with Crippen LogP contribution >= 0.6 is 0 Å². The van der Waals surface area contributed by atoms with E-state index in [1.165, 1.54) is 0 Å². The molecule has 0 radical (unpaired) electrons. The Kier molecular flexibility index (Phi) is 13.8. The van der Waals surface area contributed by atoms with Gasteiger partial charge in [-0.15, -0.1) is 53.6 Å². The quantitative estimate of drug-likeness (QED) is 0.112. The topological polar surface area (TPSA) is 33.5 Å². The minimum Gasteiger partial charge on any atom is -0.509 e. The normalized spacial score (nSPS) is 12.9. The number of nitrogens with zero attached hydrogens (tertiary/aromatic N) is 4. The van der Waals surface area contributed by atoms with Gasteiger partial charge in [0.1, 0.15) is 40.7 Å². The van der Waals surface area contributed by atoms with Crippen molar-refractivity contribution in [1.82, 2.24) is 9.55 Å². The predicted octanol–water partition coefficient (Wildman–Crippen LogP) is 18.7. The van der Waals surface area contributed by atoms with Crippen LogP contribution in [0.3, 0.4) is 0 Å². The van der Waals surface area contributed by atoms with Gasteiger partial charge in [0, 0.05) is 96.7 Å². The van der Waals surface area contributed by atoms with Crippen LogP contribution in [0, 0.1) is 53.7 Å². The summed E-state index contributed by atoms with van der Waals surface area (Å²) in [6, 6.07) is 47.7. The summed E-state index contributed by atoms with van der Waals surface area (Å²) < 4.78 is 104. The van der Waals surface area contributed by atoms with E-state index in [-0.39, 0.29) is 48.7 Å². The maximum Gasteiger partial charge on any atom is 0.136 e. The molecule has 5 nitrogen and oxygen atoms in total. The smallest absolute Gasteiger partial charge is 0.136 e. The number of halogens is 6. The van der Waals surface area contributed by atoms with Crippen LogP contribution in [0.5, 0.6) is 11.5 Å². The van der Waals surface area contributed by atoms with Crippen molar-refractivity contribution in [1.29, 1.82) is 0 Å². The van der Waals surface area contributed by atoms with Crippen molar-refractivity contribution >= 4 is 44.6 Å². The fourth-order valence-corrected chi connectivity index (χ4v) is 10.3. The molecule has 8 aromatic carbocycles. The molecule has 0 N–H and O–H groups in total. The van der Waals surface area contributed by atoms with E-state index in [4.69, 9.17) is 9.72 Å². The maximum atomic E-state index is 16.4. The number of para-hydroxylation sites is 3. The predicted molar refractivity (Wildman–Crippen MR) is 296 cm³/mol. The van der Waals surface area contributed by atoms with Gasteiger partial charge in [-0.05, 0) is 86.3 Å². The number of benzene rings is 8. The van der Waals surface area contributed by atoms with Crippen molar-refractivity contribution in [3.63, 3.8) is 0 Å². The summed E-state index contributed by atoms with van der Waals surface area (Å²) in [6.45, 7) is 20.0. The molecule has 0 amide bonds. The first kappa shape index (κ1) is 53.8. The Balaban J connectivity index is 0.00000688. The van der Waals surface area contributed by atoms with Gasteiger partial charge in [-0.25, -0.2) is 31.3 Å². The monoisotopic (exact) mass is 1230 g/mol. The fourth-order valence-electron chi connectivity index (χ4n) is 10.3. The minimum atomic E-state index is -1.24. The van der Waals surface area contributed by atoms with Gasteiger partial charge in [-0.2, -0.15) is 6.07 Å². The molecule has 1 aliphatic rings. The van der Waals surface area contributed by atoms with Crippen LogP contribution < -0.4 is 14.5 Å². The molecule has 0 spiro atoms. The molecule has 398 valence electrons. The van der Waals surface area contributed by atoms with E-state index in [1.54, 1.807) is 35.8 Å². The number of pyridine rings is 1. The molecule has 2 aromatic heterocycles. The standard InChI is InChI=1S/C66H53F6N4O.Pt/c1-64(2,3)39-24-25-73-60(30-39)76-56-19-13-11-17-47(56)48-23-22-44(36-59(48)76)77-45-27-38(46-16-10-12-18-51(46)66(7,8)9)26-43(35-45)74-37-75(58-21-15-14-20-57(58)74)63-49(61-52(69)31-41(67)32-53(61)70)28-40(65(4,5)6)29-50(63)62-54(71)33-42(68)34-55(62)72;/h10-34,37H,1-9H3;/q-3;. The molecular weight excluding hydrogens is 1170 g/mol. The Hall–Kier alpha value is -7.62. The summed E-state index contributed by atoms with van der Waals surface area (Å²) in [5.41, 5.74) is 4.66. The third kappa shape index (κ3) is 9.76. The number of rotatable bonds is 8. The number of anilines is 4. The Morgan fingerprint density at radius 3 is 1.67 bits per heavy atom. The number of hydrogen-bond donors (Lipinski definition) is 0. The first-order valence-corrected chi connectivity index (χ1v) is 25.3. The molecule has 1 aliphatic heterocycles. The van der Waals surface area contributed by atoms with Crippen molar-refractivity contribution in [3.05, 3.63) is 222 Å². The zero-order valence-corrected chi connectivity index (χ0v) is 46.6. The van der Waals surface area contributed by atoms with Gasteiger partial charge < -0.3 is 19.1 Å². The van der Waals surface area contributed by atoms with Gasteiger partial charge >= 0.3 is 0 Å². The van der Waals surface area contributed by atoms with E-state index in [0.29, 0.717) is 58.4 Å². The van der Waals surface area contributed by atoms with Crippen LogP contribution in [0.4, 0.5) is 49.1 Å². The molecule has 0 atom stereocenters. The van der Waals surface area contributed by atoms with E-state index in [0.717, 1.165) is 49.9 Å². The molecule has 0 aliphatic carbocycles. The van der Waals surface area contributed by atoms with Crippen LogP contribution in [0.1, 0.15) is 79.0 Å². The number of ether oxygens (including phenoxy) is 1. The molecule has 10 aromatic rings. The molecule has 0 saturated heterocycles. The molecule has 0 fully saturated rings. The van der Waals surface area contributed by atoms with Crippen molar-refractivity contribution in [3.8, 4) is 50.7 Å². The SMILES string of the molecule is CC(C)(C)c1ccnc(-n2c3[c-]c(Oc4[c-]c(N5[CH-]N(c6c(-c7c(F)cc(F)cc7F)cc(C(C)(C)C)cc6-c6c(F)cc(F)cc6F)c6ccccc65)cc(-c5ccccc5C(C)(C)C)c4)ccc3c3ccccc32)c1.[Pt]. The van der Waals surface area contributed by atoms with Gasteiger partial charge in [-0.3, -0.25) is 0 Å². The number of aromatic nitrogens is 2. The van der Waals surface area contributed by atoms with Gasteiger partial charge in [0.2, 0.25) is 0 Å². The molecule has 0 saturated carbocycles. The second kappa shape index (κ2) is 20.0. The van der Waals surface area contributed by atoms with Gasteiger partial charge in [0.15, 0.2) is 0 Å². The van der Waals surface area contributed by atoms with Crippen LogP contribution in [0.25, 0.3) is 61.0 Å². The summed E-state index contributed by atoms with van der Waals surface area (Å²) in [5, 5.41) is 1.97. The average Bonchev–Trinajstić information content (AvgIpc) is 4.03. The van der Waals surface area contributed by atoms with E-state index < -0.39 is 51.4 Å². The van der Waals surface area contributed by atoms with Gasteiger partial charge in [0.05, 0.1) is 11.1 Å². The second-order valence-corrected chi connectivity index (χ2v) is 22.6. The van der Waals surface area contributed by atoms with Gasteiger partial charge in [0.25, 0.3) is 0 Å². The Bertz CT molecular complexity index is 3870. The van der Waals surface area contributed by atoms with Gasteiger partial charge in [-0.1, -0.05) is 122 Å². The van der Waals surface area contributed by atoms with Crippen molar-refractivity contribution in [2.24, 2.45) is 0 Å². The summed E-state index contributed by atoms with van der Waals surface area (Å²) in [5.74, 6) is -5.82. The molecule has 0 bridgehead atoms. The van der Waals surface area contributed by atoms with E-state index >= 15 is 17.6 Å². The first-order chi connectivity index (χ1) is 36.5. The van der Waals surface area contributed by atoms with Crippen LogP contribution in [-0.2, 0) is 37.3 Å². The maximum absolute atomic E-state index is 16.4. The second-order valence-electron chi connectivity index (χ2n) is 22.6. The average molecular weight is 1230 g/mol. The van der Waals surface area contributed by atoms with Crippen molar-refractivity contribution in [2.45, 2.75) is 78.6 Å². The first-order valence-electron chi connectivity index (χ1n) is 25.3. The largest absolute Gasteiger partial charge is 0.509 e. The molecule has 12 heteroatoms. The van der Waals surface area contributed by atoms with Crippen molar-refractivity contribution in [2.75, 3.05) is 9.80 Å². The van der Waals surface area contributed by atoms with E-state index in [2.05, 4.69) is 82.5 Å². The third-order valence-corrected chi connectivity index (χ3v) is 14.2. The summed E-state index contributed by atoms with van der Waals surface area (Å²) in [6.07, 6.45) is 1.82. The van der Waals surface area contributed by atoms with Crippen LogP contribution in [-0.4, -0.2) is 9.55 Å². The molecule has 0 unspecified atom stereocenters. The van der Waals surface area contributed by atoms with Crippen molar-refractivity contribution < 1.29 is 52.1 Å². The molecule has 78 heavy (non-hydrogen) atoms. The van der Waals surface area contributed by atoms with Crippen LogP contribution in [0.15, 0.2) is 152 Å².